The Balaban J connectivity index is 1.78. The molecule has 2 aliphatic rings. The van der Waals surface area contributed by atoms with Crippen molar-refractivity contribution in [3.63, 3.8) is 0 Å². The molecule has 0 aromatic heterocycles. The highest BCUT2D eigenvalue weighted by molar-refractivity contribution is 5.79. The molecule has 2 unspecified atom stereocenters. The van der Waals surface area contributed by atoms with Crippen LogP contribution in [0.3, 0.4) is 0 Å². The van der Waals surface area contributed by atoms with E-state index >= 15 is 0 Å². The van der Waals surface area contributed by atoms with Gasteiger partial charge in [0.25, 0.3) is 0 Å². The summed E-state index contributed by atoms with van der Waals surface area (Å²) in [5, 5.41) is 0. The molecule has 4 nitrogen and oxygen atoms in total. The van der Waals surface area contributed by atoms with Crippen molar-refractivity contribution < 1.29 is 19.0 Å². The van der Waals surface area contributed by atoms with E-state index in [1.165, 1.54) is 11.1 Å². The quantitative estimate of drug-likeness (QED) is 0.616. The van der Waals surface area contributed by atoms with Crippen LogP contribution in [0.1, 0.15) is 24.5 Å². The average Bonchev–Trinajstić information content (AvgIpc) is 3.12. The number of hydrogen-bond acceptors (Lipinski definition) is 4. The number of hydrogen-bond donors (Lipinski definition) is 0. The molecule has 1 aromatic rings. The maximum atomic E-state index is 11.7. The maximum absolute atomic E-state index is 11.7. The molecule has 0 amide bonds. The first-order valence-corrected chi connectivity index (χ1v) is 6.69. The SMILES string of the molecule is CCOC(=O)C1OC12CCc1ccc(OC)cc1C2. The standard InChI is InChI=1S/C15H18O4/c1-3-18-14(16)13-15(19-13)7-6-10-4-5-12(17-2)8-11(10)9-15/h4-5,8,13H,3,6-7,9H2,1-2H3. The molecule has 2 atom stereocenters. The summed E-state index contributed by atoms with van der Waals surface area (Å²) in [6.45, 7) is 2.22. The Hall–Kier alpha value is -1.55. The van der Waals surface area contributed by atoms with Gasteiger partial charge in [0, 0.05) is 6.42 Å². The fourth-order valence-electron chi connectivity index (χ4n) is 2.90. The maximum Gasteiger partial charge on any atom is 0.338 e. The predicted molar refractivity (Wildman–Crippen MR) is 69.3 cm³/mol. The summed E-state index contributed by atoms with van der Waals surface area (Å²) in [5.74, 6) is 0.623. The number of fused-ring (bicyclic) bond motifs is 1. The summed E-state index contributed by atoms with van der Waals surface area (Å²) in [6.07, 6.45) is 2.21. The number of methoxy groups -OCH3 is 1. The lowest BCUT2D eigenvalue weighted by atomic mass is 9.81. The van der Waals surface area contributed by atoms with Crippen molar-refractivity contribution in [2.24, 2.45) is 0 Å². The van der Waals surface area contributed by atoms with E-state index in [1.54, 1.807) is 7.11 Å². The number of ether oxygens (including phenoxy) is 3. The third-order valence-electron chi connectivity index (χ3n) is 3.99. The van der Waals surface area contributed by atoms with E-state index < -0.39 is 0 Å². The Morgan fingerprint density at radius 1 is 1.47 bits per heavy atom. The van der Waals surface area contributed by atoms with Gasteiger partial charge < -0.3 is 14.2 Å². The van der Waals surface area contributed by atoms with Gasteiger partial charge >= 0.3 is 5.97 Å². The van der Waals surface area contributed by atoms with Gasteiger partial charge in [0.15, 0.2) is 6.10 Å². The van der Waals surface area contributed by atoms with Crippen LogP contribution in [0.25, 0.3) is 0 Å². The summed E-state index contributed by atoms with van der Waals surface area (Å²) < 4.78 is 16.0. The van der Waals surface area contributed by atoms with Crippen LogP contribution in [0, 0.1) is 0 Å². The van der Waals surface area contributed by atoms with E-state index in [-0.39, 0.29) is 17.7 Å². The number of rotatable bonds is 3. The van der Waals surface area contributed by atoms with Gasteiger partial charge in [-0.2, -0.15) is 0 Å². The van der Waals surface area contributed by atoms with Gasteiger partial charge in [0.1, 0.15) is 11.4 Å². The van der Waals surface area contributed by atoms with Gasteiger partial charge in [0.2, 0.25) is 0 Å². The van der Waals surface area contributed by atoms with Crippen LogP contribution < -0.4 is 4.74 Å². The smallest absolute Gasteiger partial charge is 0.338 e. The fraction of sp³-hybridized carbons (Fsp3) is 0.533. The minimum atomic E-state index is -0.383. The van der Waals surface area contributed by atoms with Gasteiger partial charge in [0.05, 0.1) is 13.7 Å². The number of carbonyl (C=O) groups excluding carboxylic acids is 1. The molecule has 1 spiro atoms. The normalized spacial score (nSPS) is 27.8. The molecule has 4 heteroatoms. The second kappa shape index (κ2) is 4.53. The average molecular weight is 262 g/mol. The summed E-state index contributed by atoms with van der Waals surface area (Å²) in [4.78, 5) is 11.7. The Bertz CT molecular complexity index is 511. The van der Waals surface area contributed by atoms with Crippen LogP contribution in [-0.2, 0) is 27.1 Å². The Kier molecular flexibility index (Phi) is 2.97. The zero-order valence-electron chi connectivity index (χ0n) is 11.3. The minimum Gasteiger partial charge on any atom is -0.497 e. The number of benzene rings is 1. The largest absolute Gasteiger partial charge is 0.497 e. The Morgan fingerprint density at radius 3 is 3.05 bits per heavy atom. The number of esters is 1. The van der Waals surface area contributed by atoms with Gasteiger partial charge in [-0.1, -0.05) is 6.07 Å². The molecular weight excluding hydrogens is 244 g/mol. The summed E-state index contributed by atoms with van der Waals surface area (Å²) in [5.41, 5.74) is 2.22. The molecular formula is C15H18O4. The van der Waals surface area contributed by atoms with Crippen molar-refractivity contribution in [3.8, 4) is 5.75 Å². The van der Waals surface area contributed by atoms with Crippen LogP contribution in [0.15, 0.2) is 18.2 Å². The van der Waals surface area contributed by atoms with Crippen molar-refractivity contribution in [2.75, 3.05) is 13.7 Å². The van der Waals surface area contributed by atoms with Crippen molar-refractivity contribution in [2.45, 2.75) is 37.9 Å². The van der Waals surface area contributed by atoms with E-state index in [0.717, 1.165) is 25.0 Å². The highest BCUT2D eigenvalue weighted by atomic mass is 16.7. The number of epoxide rings is 1. The van der Waals surface area contributed by atoms with Gasteiger partial charge in [-0.3, -0.25) is 0 Å². The molecule has 1 aromatic carbocycles. The minimum absolute atomic E-state index is 0.228. The van der Waals surface area contributed by atoms with E-state index in [0.29, 0.717) is 6.61 Å². The van der Waals surface area contributed by atoms with Gasteiger partial charge in [-0.15, -0.1) is 0 Å². The number of carbonyl (C=O) groups is 1. The molecule has 1 saturated heterocycles. The highest BCUT2D eigenvalue weighted by Gasteiger charge is 2.62. The molecule has 102 valence electrons. The molecule has 1 heterocycles. The Labute approximate surface area is 112 Å². The van der Waals surface area contributed by atoms with Crippen molar-refractivity contribution in [1.82, 2.24) is 0 Å². The van der Waals surface area contributed by atoms with Gasteiger partial charge in [-0.25, -0.2) is 4.79 Å². The molecule has 0 saturated carbocycles. The van der Waals surface area contributed by atoms with Crippen LogP contribution in [-0.4, -0.2) is 31.4 Å². The molecule has 0 radical (unpaired) electrons. The van der Waals surface area contributed by atoms with Crippen molar-refractivity contribution >= 4 is 5.97 Å². The van der Waals surface area contributed by atoms with Crippen molar-refractivity contribution in [3.05, 3.63) is 29.3 Å². The van der Waals surface area contributed by atoms with Gasteiger partial charge in [-0.05, 0) is 43.0 Å². The van der Waals surface area contributed by atoms with Crippen LogP contribution >= 0.6 is 0 Å². The zero-order chi connectivity index (χ0) is 13.5. The lowest BCUT2D eigenvalue weighted by Crippen LogP contribution is -2.29. The molecule has 0 bridgehead atoms. The second-order valence-corrected chi connectivity index (χ2v) is 5.13. The van der Waals surface area contributed by atoms with Crippen LogP contribution in [0.5, 0.6) is 5.75 Å². The molecule has 0 N–H and O–H groups in total. The monoisotopic (exact) mass is 262 g/mol. The third kappa shape index (κ3) is 2.10. The number of aryl methyl sites for hydroxylation is 1. The summed E-state index contributed by atoms with van der Waals surface area (Å²) in [7, 11) is 1.66. The van der Waals surface area contributed by atoms with E-state index in [1.807, 2.05) is 19.1 Å². The molecule has 19 heavy (non-hydrogen) atoms. The molecule has 1 aliphatic carbocycles. The lowest BCUT2D eigenvalue weighted by molar-refractivity contribution is -0.144. The first-order valence-electron chi connectivity index (χ1n) is 6.69. The van der Waals surface area contributed by atoms with Crippen LogP contribution in [0.4, 0.5) is 0 Å². The van der Waals surface area contributed by atoms with E-state index in [2.05, 4.69) is 6.07 Å². The zero-order valence-corrected chi connectivity index (χ0v) is 11.3. The molecule has 3 rings (SSSR count). The lowest BCUT2D eigenvalue weighted by Gasteiger charge is -2.22. The van der Waals surface area contributed by atoms with Crippen molar-refractivity contribution in [1.29, 1.82) is 0 Å². The summed E-state index contributed by atoms with van der Waals surface area (Å²) >= 11 is 0. The highest BCUT2D eigenvalue weighted by Crippen LogP contribution is 2.47. The topological polar surface area (TPSA) is 48.1 Å². The molecule has 1 fully saturated rings. The van der Waals surface area contributed by atoms with E-state index in [4.69, 9.17) is 14.2 Å². The first-order chi connectivity index (χ1) is 9.18. The molecule has 1 aliphatic heterocycles. The summed E-state index contributed by atoms with van der Waals surface area (Å²) in [6, 6.07) is 6.12. The predicted octanol–water partition coefficient (Wildman–Crippen LogP) is 1.88. The first kappa shape index (κ1) is 12.5. The fourth-order valence-corrected chi connectivity index (χ4v) is 2.90. The van der Waals surface area contributed by atoms with Crippen LogP contribution in [0.2, 0.25) is 0 Å². The third-order valence-corrected chi connectivity index (χ3v) is 3.99. The Morgan fingerprint density at radius 2 is 2.32 bits per heavy atom. The second-order valence-electron chi connectivity index (χ2n) is 5.13. The van der Waals surface area contributed by atoms with E-state index in [9.17, 15) is 4.79 Å².